The summed E-state index contributed by atoms with van der Waals surface area (Å²) in [5, 5.41) is 18.0. The Labute approximate surface area is 168 Å². The summed E-state index contributed by atoms with van der Waals surface area (Å²) in [7, 11) is 1.77. The minimum atomic E-state index is -0.557. The predicted molar refractivity (Wildman–Crippen MR) is 113 cm³/mol. The van der Waals surface area contributed by atoms with Crippen LogP contribution >= 0.6 is 0 Å². The van der Waals surface area contributed by atoms with Crippen molar-refractivity contribution in [2.45, 2.75) is 39.3 Å². The van der Waals surface area contributed by atoms with Crippen LogP contribution in [0.1, 0.15) is 43.4 Å². The van der Waals surface area contributed by atoms with Gasteiger partial charge in [0.05, 0.1) is 0 Å². The lowest BCUT2D eigenvalue weighted by Crippen LogP contribution is -2.48. The molecule has 144 valence electrons. The second-order valence-corrected chi connectivity index (χ2v) is 6.67. The molecule has 0 spiro atoms. The Kier molecular flexibility index (Phi) is 7.38. The van der Waals surface area contributed by atoms with E-state index in [9.17, 15) is 0 Å². The Bertz CT molecular complexity index is 890. The van der Waals surface area contributed by atoms with Crippen LogP contribution in [0.2, 0.25) is 0 Å². The van der Waals surface area contributed by atoms with Gasteiger partial charge in [-0.3, -0.25) is 0 Å². The van der Waals surface area contributed by atoms with E-state index >= 15 is 0 Å². The third-order valence-electron chi connectivity index (χ3n) is 5.01. The maximum atomic E-state index is 9.02. The number of nitriles is 2. The molecular weight excluding hydrogens is 346 g/mol. The van der Waals surface area contributed by atoms with Crippen molar-refractivity contribution in [1.29, 1.82) is 10.5 Å². The molecule has 0 fully saturated rings. The first-order valence-electron chi connectivity index (χ1n) is 9.57. The number of ether oxygens (including phenoxy) is 1. The number of aryl methyl sites for hydroxylation is 1. The van der Waals surface area contributed by atoms with Crippen LogP contribution in [0.5, 0.6) is 0 Å². The van der Waals surface area contributed by atoms with Gasteiger partial charge in [0, 0.05) is 24.9 Å². The minimum Gasteiger partial charge on any atom is -0.355 e. The number of rotatable bonds is 8. The van der Waals surface area contributed by atoms with Crippen molar-refractivity contribution in [3.8, 4) is 12.1 Å². The smallest absolute Gasteiger partial charge is 0.166 e. The van der Waals surface area contributed by atoms with Gasteiger partial charge in [0.1, 0.15) is 17.7 Å². The van der Waals surface area contributed by atoms with Gasteiger partial charge in [-0.2, -0.15) is 10.5 Å². The van der Waals surface area contributed by atoms with Gasteiger partial charge in [-0.1, -0.05) is 49.7 Å². The monoisotopic (exact) mass is 373 g/mol. The van der Waals surface area contributed by atoms with E-state index in [2.05, 4.69) is 36.9 Å². The lowest BCUT2D eigenvalue weighted by Gasteiger charge is -2.44. The number of methoxy groups -OCH3 is 1. The van der Waals surface area contributed by atoms with Gasteiger partial charge >= 0.3 is 0 Å². The highest BCUT2D eigenvalue weighted by Crippen LogP contribution is 2.38. The molecule has 4 heteroatoms. The molecule has 0 heterocycles. The second-order valence-electron chi connectivity index (χ2n) is 6.67. The highest BCUT2D eigenvalue weighted by Gasteiger charge is 2.37. The Morgan fingerprint density at radius 2 is 1.79 bits per heavy atom. The minimum absolute atomic E-state index is 0.102. The average Bonchev–Trinajstić information content (AvgIpc) is 2.73. The lowest BCUT2D eigenvalue weighted by atomic mass is 9.94. The van der Waals surface area contributed by atoms with Crippen LogP contribution in [0, 0.1) is 29.6 Å². The molecule has 0 aromatic heterocycles. The van der Waals surface area contributed by atoms with E-state index in [0.717, 1.165) is 41.8 Å². The van der Waals surface area contributed by atoms with Gasteiger partial charge in [0.25, 0.3) is 0 Å². The number of anilines is 1. The molecule has 0 N–H and O–H groups in total. The Hall–Kier alpha value is -3.08. The quantitative estimate of drug-likeness (QED) is 0.449. The zero-order valence-electron chi connectivity index (χ0n) is 17.1. The van der Waals surface area contributed by atoms with Gasteiger partial charge in [-0.15, -0.1) is 0 Å². The Morgan fingerprint density at radius 1 is 1.11 bits per heavy atom. The molecule has 1 atom stereocenters. The van der Waals surface area contributed by atoms with Crippen LogP contribution in [0.25, 0.3) is 6.08 Å². The Morgan fingerprint density at radius 3 is 2.29 bits per heavy atom. The fraction of sp³-hybridized carbons (Fsp3) is 0.333. The number of benzene rings is 2. The molecule has 28 heavy (non-hydrogen) atoms. The van der Waals surface area contributed by atoms with Crippen LogP contribution in [0.4, 0.5) is 5.69 Å². The van der Waals surface area contributed by atoms with Crippen molar-refractivity contribution >= 4 is 11.8 Å². The standard InChI is InChI=1S/C24H27N3O/c1-5-14-24(28-4,22-10-8-7-9-11-22)27(6-2)23-13-12-21(19(3)15-23)16-20(17-25)18-26/h7-13,15-16H,5-6,14H2,1-4H3. The van der Waals surface area contributed by atoms with E-state index in [-0.39, 0.29) is 5.57 Å². The van der Waals surface area contributed by atoms with E-state index in [1.807, 2.05) is 49.4 Å². The molecule has 0 saturated heterocycles. The molecule has 0 aliphatic carbocycles. The molecule has 2 rings (SSSR count). The highest BCUT2D eigenvalue weighted by atomic mass is 16.5. The normalized spacial score (nSPS) is 12.4. The average molecular weight is 374 g/mol. The second kappa shape index (κ2) is 9.74. The van der Waals surface area contributed by atoms with E-state index in [0.29, 0.717) is 0 Å². The van der Waals surface area contributed by atoms with Crippen LogP contribution in [-0.2, 0) is 10.5 Å². The first-order chi connectivity index (χ1) is 13.6. The van der Waals surface area contributed by atoms with Gasteiger partial charge in [0.15, 0.2) is 5.72 Å². The summed E-state index contributed by atoms with van der Waals surface area (Å²) < 4.78 is 6.17. The number of allylic oxidation sites excluding steroid dienone is 1. The fourth-order valence-electron chi connectivity index (χ4n) is 3.68. The van der Waals surface area contributed by atoms with Gasteiger partial charge in [-0.25, -0.2) is 0 Å². The van der Waals surface area contributed by atoms with Crippen molar-refractivity contribution in [2.24, 2.45) is 0 Å². The summed E-state index contributed by atoms with van der Waals surface area (Å²) in [6, 6.07) is 20.2. The summed E-state index contributed by atoms with van der Waals surface area (Å²) in [6.45, 7) is 7.05. The van der Waals surface area contributed by atoms with Crippen molar-refractivity contribution in [3.05, 3.63) is 70.8 Å². The maximum absolute atomic E-state index is 9.02. The molecule has 2 aromatic rings. The first-order valence-corrected chi connectivity index (χ1v) is 9.57. The van der Waals surface area contributed by atoms with Crippen molar-refractivity contribution in [1.82, 2.24) is 0 Å². The summed E-state index contributed by atoms with van der Waals surface area (Å²) in [5.41, 5.74) is 3.60. The molecule has 0 bridgehead atoms. The van der Waals surface area contributed by atoms with E-state index in [4.69, 9.17) is 15.3 Å². The van der Waals surface area contributed by atoms with Crippen LogP contribution in [-0.4, -0.2) is 13.7 Å². The van der Waals surface area contributed by atoms with Crippen LogP contribution < -0.4 is 4.90 Å². The largest absolute Gasteiger partial charge is 0.355 e. The molecule has 1 unspecified atom stereocenters. The maximum Gasteiger partial charge on any atom is 0.166 e. The lowest BCUT2D eigenvalue weighted by molar-refractivity contribution is -0.0251. The predicted octanol–water partition coefficient (Wildman–Crippen LogP) is 5.55. The zero-order valence-corrected chi connectivity index (χ0v) is 17.1. The highest BCUT2D eigenvalue weighted by molar-refractivity contribution is 5.67. The third kappa shape index (κ3) is 4.25. The van der Waals surface area contributed by atoms with E-state index in [1.54, 1.807) is 13.2 Å². The number of nitrogens with zero attached hydrogens (tertiary/aromatic N) is 3. The first kappa shape index (κ1) is 21.2. The molecule has 2 aromatic carbocycles. The van der Waals surface area contributed by atoms with E-state index in [1.165, 1.54) is 0 Å². The number of hydrogen-bond donors (Lipinski definition) is 0. The fourth-order valence-corrected chi connectivity index (χ4v) is 3.68. The zero-order chi connectivity index (χ0) is 20.6. The van der Waals surface area contributed by atoms with Gasteiger partial charge in [-0.05, 0) is 49.6 Å². The summed E-state index contributed by atoms with van der Waals surface area (Å²) in [5.74, 6) is 0. The van der Waals surface area contributed by atoms with Crippen LogP contribution in [0.15, 0.2) is 54.1 Å². The summed E-state index contributed by atoms with van der Waals surface area (Å²) >= 11 is 0. The molecule has 0 amide bonds. The SMILES string of the molecule is CCCC(OC)(c1ccccc1)N(CC)c1ccc(C=C(C#N)C#N)c(C)c1. The molecule has 0 aliphatic heterocycles. The summed E-state index contributed by atoms with van der Waals surface area (Å²) in [6.07, 6.45) is 3.46. The molecule has 4 nitrogen and oxygen atoms in total. The third-order valence-corrected chi connectivity index (χ3v) is 5.01. The molecular formula is C24H27N3O. The van der Waals surface area contributed by atoms with E-state index < -0.39 is 5.72 Å². The number of hydrogen-bond acceptors (Lipinski definition) is 4. The van der Waals surface area contributed by atoms with Gasteiger partial charge < -0.3 is 9.64 Å². The topological polar surface area (TPSA) is 60.0 Å². The van der Waals surface area contributed by atoms with Crippen molar-refractivity contribution < 1.29 is 4.74 Å². The summed E-state index contributed by atoms with van der Waals surface area (Å²) in [4.78, 5) is 2.28. The molecule has 0 saturated carbocycles. The van der Waals surface area contributed by atoms with Crippen molar-refractivity contribution in [2.75, 3.05) is 18.6 Å². The van der Waals surface area contributed by atoms with Gasteiger partial charge in [0.2, 0.25) is 0 Å². The Balaban J connectivity index is 2.56. The van der Waals surface area contributed by atoms with Crippen LogP contribution in [0.3, 0.4) is 0 Å². The molecule has 0 radical (unpaired) electrons. The molecule has 0 aliphatic rings. The van der Waals surface area contributed by atoms with Crippen molar-refractivity contribution in [3.63, 3.8) is 0 Å².